The van der Waals surface area contributed by atoms with Crippen LogP contribution in [0.15, 0.2) is 53.3 Å². The molecule has 1 aliphatic rings. The fourth-order valence-electron chi connectivity index (χ4n) is 4.18. The fourth-order valence-corrected chi connectivity index (χ4v) is 4.18. The summed E-state index contributed by atoms with van der Waals surface area (Å²) in [7, 11) is 1.22. The molecule has 172 valence electrons. The normalized spacial score (nSPS) is 15.7. The predicted molar refractivity (Wildman–Crippen MR) is 113 cm³/mol. The Morgan fingerprint density at radius 1 is 1.15 bits per heavy atom. The summed E-state index contributed by atoms with van der Waals surface area (Å²) in [5.74, 6) is -2.74. The lowest BCUT2D eigenvalue weighted by Crippen LogP contribution is -2.32. The van der Waals surface area contributed by atoms with Crippen molar-refractivity contribution in [1.82, 2.24) is 9.88 Å². The van der Waals surface area contributed by atoms with Crippen LogP contribution in [-0.4, -0.2) is 15.6 Å². The van der Waals surface area contributed by atoms with Crippen LogP contribution < -0.4 is 10.9 Å². The molecule has 1 amide bonds. The van der Waals surface area contributed by atoms with E-state index in [1.54, 1.807) is 0 Å². The number of nitrogens with zero attached hydrogens (tertiary/aromatic N) is 1. The highest BCUT2D eigenvalue weighted by Gasteiger charge is 2.32. The summed E-state index contributed by atoms with van der Waals surface area (Å²) in [6.07, 6.45) is -2.45. The van der Waals surface area contributed by atoms with E-state index in [1.807, 2.05) is 24.3 Å². The average molecular weight is 460 g/mol. The van der Waals surface area contributed by atoms with Crippen molar-refractivity contribution >= 4 is 5.91 Å². The number of carbonyl (C=O) groups excluding carboxylic acids is 1. The molecule has 0 aliphatic heterocycles. The number of aromatic nitrogens is 1. The molecular weight excluding hydrogens is 440 g/mol. The van der Waals surface area contributed by atoms with Gasteiger partial charge in [0.05, 0.1) is 22.9 Å². The van der Waals surface area contributed by atoms with E-state index in [1.165, 1.54) is 7.05 Å². The zero-order valence-corrected chi connectivity index (χ0v) is 17.5. The highest BCUT2D eigenvalue weighted by Crippen LogP contribution is 2.34. The number of amides is 1. The van der Waals surface area contributed by atoms with Gasteiger partial charge in [-0.05, 0) is 54.7 Å². The minimum absolute atomic E-state index is 0.142. The van der Waals surface area contributed by atoms with Gasteiger partial charge in [0.1, 0.15) is 5.82 Å². The number of pyridine rings is 1. The van der Waals surface area contributed by atoms with E-state index >= 15 is 0 Å². The van der Waals surface area contributed by atoms with Crippen molar-refractivity contribution < 1.29 is 27.5 Å². The monoisotopic (exact) mass is 460 g/mol. The van der Waals surface area contributed by atoms with E-state index in [9.17, 15) is 32.3 Å². The van der Waals surface area contributed by atoms with E-state index in [4.69, 9.17) is 0 Å². The fraction of sp³-hybridized carbons (Fsp3) is 0.250. The van der Waals surface area contributed by atoms with Gasteiger partial charge >= 0.3 is 6.18 Å². The van der Waals surface area contributed by atoms with E-state index in [-0.39, 0.29) is 17.3 Å². The Kier molecular flexibility index (Phi) is 5.73. The lowest BCUT2D eigenvalue weighted by molar-refractivity contribution is -0.137. The molecule has 0 bridgehead atoms. The standard InChI is InChI=1S/C24H20F4N2O3/c1-30-20(14-9-15(24(26,27)28)11-16(25)10-14)12-18(21(31)23(30)33)22(32)29-19-8-4-6-13-5-2-3-7-17(13)19/h2-3,5,7,9-12,19,31H,4,6,8H2,1H3,(H,29,32)/t19-/m1/s1. The Morgan fingerprint density at radius 3 is 2.61 bits per heavy atom. The Bertz CT molecular complexity index is 1300. The maximum absolute atomic E-state index is 13.9. The summed E-state index contributed by atoms with van der Waals surface area (Å²) in [4.78, 5) is 25.6. The molecule has 9 heteroatoms. The van der Waals surface area contributed by atoms with Gasteiger partial charge in [-0.25, -0.2) is 4.39 Å². The number of aryl methyl sites for hydroxylation is 1. The summed E-state index contributed by atoms with van der Waals surface area (Å²) < 4.78 is 54.3. The summed E-state index contributed by atoms with van der Waals surface area (Å²) in [6, 6.07) is 10.2. The Morgan fingerprint density at radius 2 is 1.88 bits per heavy atom. The van der Waals surface area contributed by atoms with Gasteiger partial charge in [0.2, 0.25) is 0 Å². The van der Waals surface area contributed by atoms with Crippen molar-refractivity contribution in [3.05, 3.63) is 87.0 Å². The molecule has 0 fully saturated rings. The highest BCUT2D eigenvalue weighted by atomic mass is 19.4. The SMILES string of the molecule is Cn1c(-c2cc(F)cc(C(F)(F)F)c2)cc(C(=O)N[C@@H]2CCCc3ccccc32)c(O)c1=O. The largest absolute Gasteiger partial charge is 0.502 e. The van der Waals surface area contributed by atoms with Gasteiger partial charge in [-0.1, -0.05) is 24.3 Å². The van der Waals surface area contributed by atoms with Crippen molar-refractivity contribution in [2.75, 3.05) is 0 Å². The molecule has 1 aromatic heterocycles. The third kappa shape index (κ3) is 4.35. The van der Waals surface area contributed by atoms with E-state index in [0.29, 0.717) is 18.6 Å². The first-order valence-corrected chi connectivity index (χ1v) is 10.3. The van der Waals surface area contributed by atoms with Crippen molar-refractivity contribution in [3.8, 4) is 17.0 Å². The summed E-state index contributed by atoms with van der Waals surface area (Å²) in [6.45, 7) is 0. The van der Waals surface area contributed by atoms with Crippen LogP contribution in [0.2, 0.25) is 0 Å². The van der Waals surface area contributed by atoms with Crippen LogP contribution in [0.25, 0.3) is 11.3 Å². The second kappa shape index (κ2) is 8.38. The number of benzene rings is 2. The topological polar surface area (TPSA) is 71.3 Å². The lowest BCUT2D eigenvalue weighted by Gasteiger charge is -2.26. The number of aromatic hydroxyl groups is 1. The van der Waals surface area contributed by atoms with Gasteiger partial charge in [0, 0.05) is 12.6 Å². The number of hydrogen-bond acceptors (Lipinski definition) is 3. The first-order chi connectivity index (χ1) is 15.6. The summed E-state index contributed by atoms with van der Waals surface area (Å²) in [5.41, 5.74) is -0.990. The molecule has 33 heavy (non-hydrogen) atoms. The maximum Gasteiger partial charge on any atom is 0.416 e. The zero-order chi connectivity index (χ0) is 23.9. The molecule has 1 heterocycles. The van der Waals surface area contributed by atoms with Crippen molar-refractivity contribution in [3.63, 3.8) is 0 Å². The Labute approximate surface area is 186 Å². The van der Waals surface area contributed by atoms with E-state index < -0.39 is 40.3 Å². The molecule has 4 rings (SSSR count). The lowest BCUT2D eigenvalue weighted by atomic mass is 9.87. The van der Waals surface area contributed by atoms with Crippen LogP contribution >= 0.6 is 0 Å². The Hall–Kier alpha value is -3.62. The van der Waals surface area contributed by atoms with Crippen molar-refractivity contribution in [2.24, 2.45) is 7.05 Å². The van der Waals surface area contributed by atoms with Crippen molar-refractivity contribution in [2.45, 2.75) is 31.5 Å². The van der Waals surface area contributed by atoms with E-state index in [0.717, 1.165) is 40.7 Å². The minimum Gasteiger partial charge on any atom is -0.502 e. The molecule has 0 saturated carbocycles. The molecule has 0 saturated heterocycles. The third-order valence-electron chi connectivity index (χ3n) is 5.84. The maximum atomic E-state index is 13.9. The van der Waals surface area contributed by atoms with Gasteiger partial charge < -0.3 is 15.0 Å². The number of nitrogens with one attached hydrogen (secondary N) is 1. The summed E-state index contributed by atoms with van der Waals surface area (Å²) in [5, 5.41) is 13.1. The number of rotatable bonds is 3. The molecular formula is C24H20F4N2O3. The molecule has 0 unspecified atom stereocenters. The quantitative estimate of drug-likeness (QED) is 0.556. The number of fused-ring (bicyclic) bond motifs is 1. The molecule has 1 aliphatic carbocycles. The third-order valence-corrected chi connectivity index (χ3v) is 5.84. The molecule has 0 spiro atoms. The van der Waals surface area contributed by atoms with Crippen LogP contribution in [0.1, 0.15) is 45.9 Å². The van der Waals surface area contributed by atoms with Crippen LogP contribution in [0.5, 0.6) is 5.75 Å². The molecule has 5 nitrogen and oxygen atoms in total. The van der Waals surface area contributed by atoms with Crippen LogP contribution in [0, 0.1) is 5.82 Å². The minimum atomic E-state index is -4.80. The number of halogens is 4. The second-order valence-corrected chi connectivity index (χ2v) is 8.00. The first kappa shape index (κ1) is 22.6. The average Bonchev–Trinajstić information content (AvgIpc) is 2.77. The number of hydrogen-bond donors (Lipinski definition) is 2. The van der Waals surface area contributed by atoms with Gasteiger partial charge in [-0.3, -0.25) is 9.59 Å². The van der Waals surface area contributed by atoms with Gasteiger partial charge in [-0.15, -0.1) is 0 Å². The highest BCUT2D eigenvalue weighted by molar-refractivity contribution is 5.98. The predicted octanol–water partition coefficient (Wildman–Crippen LogP) is 4.72. The van der Waals surface area contributed by atoms with Crippen LogP contribution in [0.4, 0.5) is 17.6 Å². The molecule has 2 aromatic carbocycles. The van der Waals surface area contributed by atoms with Gasteiger partial charge in [0.25, 0.3) is 11.5 Å². The van der Waals surface area contributed by atoms with E-state index in [2.05, 4.69) is 5.32 Å². The van der Waals surface area contributed by atoms with Crippen molar-refractivity contribution in [1.29, 1.82) is 0 Å². The number of alkyl halides is 3. The van der Waals surface area contributed by atoms with Crippen LogP contribution in [-0.2, 0) is 19.6 Å². The molecule has 2 N–H and O–H groups in total. The molecule has 1 atom stereocenters. The van der Waals surface area contributed by atoms with Gasteiger partial charge in [0.15, 0.2) is 5.75 Å². The summed E-state index contributed by atoms with van der Waals surface area (Å²) >= 11 is 0. The van der Waals surface area contributed by atoms with Gasteiger partial charge in [-0.2, -0.15) is 13.2 Å². The molecule has 0 radical (unpaired) electrons. The second-order valence-electron chi connectivity index (χ2n) is 8.00. The Balaban J connectivity index is 1.76. The van der Waals surface area contributed by atoms with Crippen LogP contribution in [0.3, 0.4) is 0 Å². The first-order valence-electron chi connectivity index (χ1n) is 10.3. The zero-order valence-electron chi connectivity index (χ0n) is 17.5. The smallest absolute Gasteiger partial charge is 0.416 e. The number of carbonyl (C=O) groups is 1. The molecule has 3 aromatic rings.